The Bertz CT molecular complexity index is 1230. The molecule has 31 heavy (non-hydrogen) atoms. The molecule has 7 nitrogen and oxygen atoms in total. The molecule has 0 aliphatic heterocycles. The molecule has 1 heterocycles. The van der Waals surface area contributed by atoms with Crippen LogP contribution < -0.4 is 5.32 Å². The summed E-state index contributed by atoms with van der Waals surface area (Å²) in [4.78, 5) is 11.0. The summed E-state index contributed by atoms with van der Waals surface area (Å²) in [7, 11) is 1.79. The predicted octanol–water partition coefficient (Wildman–Crippen LogP) is 4.88. The highest BCUT2D eigenvalue weighted by molar-refractivity contribution is 5.81. The van der Waals surface area contributed by atoms with Crippen LogP contribution in [0, 0.1) is 38.7 Å². The number of aryl methyl sites for hydroxylation is 1. The molecule has 0 radical (unpaired) electrons. The van der Waals surface area contributed by atoms with Crippen LogP contribution >= 0.6 is 0 Å². The lowest BCUT2D eigenvalue weighted by molar-refractivity contribution is -0.384. The Morgan fingerprint density at radius 3 is 2.61 bits per heavy atom. The van der Waals surface area contributed by atoms with Crippen molar-refractivity contribution in [3.8, 4) is 29.2 Å². The van der Waals surface area contributed by atoms with Gasteiger partial charge < -0.3 is 5.32 Å². The zero-order valence-corrected chi connectivity index (χ0v) is 17.9. The second-order valence-corrected chi connectivity index (χ2v) is 8.17. The van der Waals surface area contributed by atoms with Gasteiger partial charge in [-0.25, -0.2) is 0 Å². The molecule has 3 rings (SSSR count). The van der Waals surface area contributed by atoms with Crippen molar-refractivity contribution >= 4 is 11.4 Å². The first-order valence-electron chi connectivity index (χ1n) is 9.75. The van der Waals surface area contributed by atoms with Gasteiger partial charge >= 0.3 is 0 Å². The second-order valence-electron chi connectivity index (χ2n) is 8.17. The number of nitro groups is 1. The summed E-state index contributed by atoms with van der Waals surface area (Å²) in [6.07, 6.45) is 1.81. The van der Waals surface area contributed by atoms with Gasteiger partial charge in [0.25, 0.3) is 5.69 Å². The summed E-state index contributed by atoms with van der Waals surface area (Å²) in [6, 6.07) is 14.1. The normalized spacial score (nSPS) is 10.7. The first-order chi connectivity index (χ1) is 14.7. The molecule has 2 aromatic carbocycles. The van der Waals surface area contributed by atoms with E-state index in [9.17, 15) is 15.4 Å². The lowest BCUT2D eigenvalue weighted by Gasteiger charge is -2.12. The number of hydrogen-bond acceptors (Lipinski definition) is 5. The third-order valence-electron chi connectivity index (χ3n) is 4.48. The predicted molar refractivity (Wildman–Crippen MR) is 120 cm³/mol. The molecule has 1 N–H and O–H groups in total. The molecule has 0 bridgehead atoms. The SMILES string of the molecule is Cn1cc(C#CC(C)(C)C)c(-c2cc([N+](=O)[O-])ccc2NCc2ccccc2C#N)n1. The average molecular weight is 413 g/mol. The van der Waals surface area contributed by atoms with E-state index in [2.05, 4.69) is 28.3 Å². The minimum atomic E-state index is -0.429. The van der Waals surface area contributed by atoms with Crippen molar-refractivity contribution in [3.05, 3.63) is 75.5 Å². The van der Waals surface area contributed by atoms with Gasteiger partial charge in [-0.15, -0.1) is 0 Å². The highest BCUT2D eigenvalue weighted by Gasteiger charge is 2.18. The van der Waals surface area contributed by atoms with E-state index in [1.807, 2.05) is 45.2 Å². The van der Waals surface area contributed by atoms with E-state index in [4.69, 9.17) is 0 Å². The van der Waals surface area contributed by atoms with Gasteiger partial charge in [0.1, 0.15) is 5.69 Å². The molecule has 0 aliphatic carbocycles. The van der Waals surface area contributed by atoms with E-state index in [1.165, 1.54) is 12.1 Å². The number of nitrogens with zero attached hydrogens (tertiary/aromatic N) is 4. The van der Waals surface area contributed by atoms with E-state index in [0.29, 0.717) is 34.6 Å². The minimum absolute atomic E-state index is 0.0293. The molecule has 0 saturated heterocycles. The van der Waals surface area contributed by atoms with Gasteiger partial charge in [0.05, 0.1) is 22.1 Å². The fourth-order valence-corrected chi connectivity index (χ4v) is 3.00. The number of aromatic nitrogens is 2. The molecule has 0 saturated carbocycles. The lowest BCUT2D eigenvalue weighted by Crippen LogP contribution is -2.04. The number of benzene rings is 2. The third kappa shape index (κ3) is 5.29. The number of anilines is 1. The molecule has 0 spiro atoms. The van der Waals surface area contributed by atoms with Crippen LogP contribution in [0.25, 0.3) is 11.3 Å². The maximum atomic E-state index is 11.4. The van der Waals surface area contributed by atoms with E-state index < -0.39 is 4.92 Å². The molecule has 156 valence electrons. The topological polar surface area (TPSA) is 96.8 Å². The zero-order chi connectivity index (χ0) is 22.6. The van der Waals surface area contributed by atoms with Crippen molar-refractivity contribution in [3.63, 3.8) is 0 Å². The molecule has 7 heteroatoms. The van der Waals surface area contributed by atoms with Crippen LogP contribution in [0.3, 0.4) is 0 Å². The number of nitriles is 1. The highest BCUT2D eigenvalue weighted by Crippen LogP contribution is 2.33. The van der Waals surface area contributed by atoms with Crippen LogP contribution in [0.2, 0.25) is 0 Å². The van der Waals surface area contributed by atoms with Gasteiger partial charge in [-0.3, -0.25) is 14.8 Å². The van der Waals surface area contributed by atoms with Crippen molar-refractivity contribution in [1.29, 1.82) is 5.26 Å². The summed E-state index contributed by atoms with van der Waals surface area (Å²) in [5.74, 6) is 6.36. The van der Waals surface area contributed by atoms with Gasteiger partial charge in [-0.2, -0.15) is 10.4 Å². The van der Waals surface area contributed by atoms with Gasteiger partial charge in [-0.1, -0.05) is 30.0 Å². The average Bonchev–Trinajstić information content (AvgIpc) is 3.10. The molecule has 0 amide bonds. The molecule has 0 atom stereocenters. The Kier molecular flexibility index (Phi) is 6.08. The number of non-ortho nitro benzene ring substituents is 1. The monoisotopic (exact) mass is 413 g/mol. The van der Waals surface area contributed by atoms with Gasteiger partial charge in [0.15, 0.2) is 0 Å². The zero-order valence-electron chi connectivity index (χ0n) is 17.9. The van der Waals surface area contributed by atoms with Gasteiger partial charge in [0.2, 0.25) is 0 Å². The number of rotatable bonds is 5. The summed E-state index contributed by atoms with van der Waals surface area (Å²) in [5, 5.41) is 28.6. The largest absolute Gasteiger partial charge is 0.380 e. The van der Waals surface area contributed by atoms with Crippen molar-refractivity contribution in [2.45, 2.75) is 27.3 Å². The van der Waals surface area contributed by atoms with Crippen LogP contribution in [0.1, 0.15) is 37.5 Å². The molecule has 0 aliphatic rings. The van der Waals surface area contributed by atoms with Crippen LogP contribution in [-0.2, 0) is 13.6 Å². The van der Waals surface area contributed by atoms with Crippen LogP contribution in [0.5, 0.6) is 0 Å². The van der Waals surface area contributed by atoms with E-state index in [0.717, 1.165) is 5.56 Å². The first-order valence-corrected chi connectivity index (χ1v) is 9.75. The quantitative estimate of drug-likeness (QED) is 0.365. The first kappa shape index (κ1) is 21.6. The molecule has 0 fully saturated rings. The highest BCUT2D eigenvalue weighted by atomic mass is 16.6. The van der Waals surface area contributed by atoms with E-state index in [-0.39, 0.29) is 11.1 Å². The van der Waals surface area contributed by atoms with Crippen LogP contribution in [0.15, 0.2) is 48.7 Å². The Morgan fingerprint density at radius 1 is 1.19 bits per heavy atom. The number of nitro benzene ring substituents is 1. The third-order valence-corrected chi connectivity index (χ3v) is 4.48. The lowest BCUT2D eigenvalue weighted by atomic mass is 9.97. The fraction of sp³-hybridized carbons (Fsp3) is 0.250. The van der Waals surface area contributed by atoms with Crippen molar-refractivity contribution in [1.82, 2.24) is 9.78 Å². The summed E-state index contributed by atoms with van der Waals surface area (Å²) in [5.41, 5.74) is 3.71. The Balaban J connectivity index is 2.07. The Hall–Kier alpha value is -4.10. The fourth-order valence-electron chi connectivity index (χ4n) is 3.00. The second kappa shape index (κ2) is 8.73. The van der Waals surface area contributed by atoms with Gasteiger partial charge in [0, 0.05) is 48.6 Å². The molecule has 1 aromatic heterocycles. The molecule has 3 aromatic rings. The van der Waals surface area contributed by atoms with Crippen molar-refractivity contribution in [2.75, 3.05) is 5.32 Å². The van der Waals surface area contributed by atoms with E-state index in [1.54, 1.807) is 23.9 Å². The van der Waals surface area contributed by atoms with Crippen molar-refractivity contribution < 1.29 is 4.92 Å². The number of nitrogens with one attached hydrogen (secondary N) is 1. The summed E-state index contributed by atoms with van der Waals surface area (Å²) >= 11 is 0. The minimum Gasteiger partial charge on any atom is -0.380 e. The Labute approximate surface area is 181 Å². The smallest absolute Gasteiger partial charge is 0.270 e. The van der Waals surface area contributed by atoms with Crippen LogP contribution in [0.4, 0.5) is 11.4 Å². The van der Waals surface area contributed by atoms with E-state index >= 15 is 0 Å². The Morgan fingerprint density at radius 2 is 1.94 bits per heavy atom. The molecular formula is C24H23N5O2. The summed E-state index contributed by atoms with van der Waals surface area (Å²) < 4.78 is 1.65. The van der Waals surface area contributed by atoms with Gasteiger partial charge in [-0.05, 0) is 38.5 Å². The standard InChI is InChI=1S/C24H23N5O2/c1-24(2,3)12-11-19-16-28(4)27-23(19)21-13-20(29(30)31)9-10-22(21)26-15-18-8-6-5-7-17(18)14-25/h5-10,13,16,26H,15H2,1-4H3. The van der Waals surface area contributed by atoms with Crippen molar-refractivity contribution in [2.24, 2.45) is 12.5 Å². The molecule has 0 unspecified atom stereocenters. The molecular weight excluding hydrogens is 390 g/mol. The number of hydrogen-bond donors (Lipinski definition) is 1. The maximum absolute atomic E-state index is 11.4. The maximum Gasteiger partial charge on any atom is 0.270 e. The summed E-state index contributed by atoms with van der Waals surface area (Å²) in [6.45, 7) is 6.44. The van der Waals surface area contributed by atoms with Crippen LogP contribution in [-0.4, -0.2) is 14.7 Å².